The Morgan fingerprint density at radius 3 is 1.50 bits per heavy atom. The van der Waals surface area contributed by atoms with Crippen LogP contribution in [-0.2, 0) is 0 Å². The van der Waals surface area contributed by atoms with E-state index in [1.54, 1.807) is 0 Å². The molecule has 0 atom stereocenters. The van der Waals surface area contributed by atoms with Crippen LogP contribution >= 0.6 is 0 Å². The van der Waals surface area contributed by atoms with Gasteiger partial charge in [0, 0.05) is 0 Å². The third-order valence-corrected chi connectivity index (χ3v) is 17.7. The number of hydrogen-bond acceptors (Lipinski definition) is 0. The molecule has 0 nitrogen and oxygen atoms in total. The maximum absolute atomic E-state index is 2.56. The van der Waals surface area contributed by atoms with Crippen molar-refractivity contribution in [2.24, 2.45) is 0 Å². The fourth-order valence-corrected chi connectivity index (χ4v) is 9.77. The normalized spacial score (nSPS) is 12.8. The first-order chi connectivity index (χ1) is 4.74. The summed E-state index contributed by atoms with van der Waals surface area (Å²) < 4.78 is 7.00. The zero-order valence-electron chi connectivity index (χ0n) is 7.78. The number of hydrogen-bond donors (Lipinski definition) is 0. The molecule has 10 heavy (non-hydrogen) atoms. The van der Waals surface area contributed by atoms with Gasteiger partial charge in [-0.3, -0.25) is 0 Å². The Balaban J connectivity index is 4.15. The molecular formula is C9H20Sn. The Kier molecular flexibility index (Phi) is 5.50. The summed E-state index contributed by atoms with van der Waals surface area (Å²) in [4.78, 5) is 0. The molecule has 1 heteroatoms. The van der Waals surface area contributed by atoms with E-state index in [0.29, 0.717) is 0 Å². The Labute approximate surface area is 69.6 Å². The van der Waals surface area contributed by atoms with Crippen molar-refractivity contribution in [2.45, 2.75) is 41.0 Å². The molecule has 0 aromatic rings. The summed E-state index contributed by atoms with van der Waals surface area (Å²) in [6, 6.07) is 0. The molecule has 0 bridgehead atoms. The minimum atomic E-state index is -1.61. The van der Waals surface area contributed by atoms with Crippen LogP contribution in [0.4, 0.5) is 0 Å². The third kappa shape index (κ3) is 2.65. The van der Waals surface area contributed by atoms with Gasteiger partial charge < -0.3 is 0 Å². The minimum absolute atomic E-state index is 1.48. The van der Waals surface area contributed by atoms with E-state index in [2.05, 4.69) is 37.9 Å². The monoisotopic (exact) mass is 248 g/mol. The predicted octanol–water partition coefficient (Wildman–Crippen LogP) is 3.61. The van der Waals surface area contributed by atoms with Gasteiger partial charge in [0.1, 0.15) is 0 Å². The molecule has 0 fully saturated rings. The summed E-state index contributed by atoms with van der Waals surface area (Å²) in [6.45, 7) is 9.25. The second-order valence-electron chi connectivity index (χ2n) is 2.92. The van der Waals surface area contributed by atoms with Gasteiger partial charge in [-0.1, -0.05) is 0 Å². The molecule has 0 saturated heterocycles. The van der Waals surface area contributed by atoms with Gasteiger partial charge in [-0.25, -0.2) is 0 Å². The zero-order valence-corrected chi connectivity index (χ0v) is 10.6. The van der Waals surface area contributed by atoms with Crippen LogP contribution in [0.2, 0.25) is 13.3 Å². The third-order valence-electron chi connectivity index (χ3n) is 2.63. The van der Waals surface area contributed by atoms with Gasteiger partial charge in [0.05, 0.1) is 0 Å². The molecule has 0 unspecified atom stereocenters. The van der Waals surface area contributed by atoms with Crippen LogP contribution in [0.1, 0.15) is 27.7 Å². The first-order valence-electron chi connectivity index (χ1n) is 4.38. The second kappa shape index (κ2) is 5.22. The van der Waals surface area contributed by atoms with Crippen molar-refractivity contribution in [2.75, 3.05) is 0 Å². The molecule has 0 aliphatic heterocycles. The van der Waals surface area contributed by atoms with E-state index in [0.717, 1.165) is 0 Å². The summed E-state index contributed by atoms with van der Waals surface area (Å²) in [5.74, 6) is 0. The van der Waals surface area contributed by atoms with Crippen molar-refractivity contribution in [1.29, 1.82) is 0 Å². The fourth-order valence-electron chi connectivity index (χ4n) is 1.46. The summed E-state index contributed by atoms with van der Waals surface area (Å²) in [7, 11) is 0. The molecule has 0 spiro atoms. The average molecular weight is 247 g/mol. The summed E-state index contributed by atoms with van der Waals surface area (Å²) in [5.41, 5.74) is 0. The molecule has 0 N–H and O–H groups in total. The average Bonchev–Trinajstić information content (AvgIpc) is 2.01. The predicted molar refractivity (Wildman–Crippen MR) is 52.0 cm³/mol. The Hall–Kier alpha value is 0.539. The van der Waals surface area contributed by atoms with Crippen LogP contribution < -0.4 is 0 Å². The van der Waals surface area contributed by atoms with Gasteiger partial charge in [-0.2, -0.15) is 0 Å². The molecule has 0 saturated carbocycles. The van der Waals surface area contributed by atoms with Crippen molar-refractivity contribution in [1.82, 2.24) is 0 Å². The van der Waals surface area contributed by atoms with Crippen molar-refractivity contribution < 1.29 is 0 Å². The SMILES string of the molecule is C/C=[CH]/[Sn]([CH2]C)([CH2]C)[CH2]C. The van der Waals surface area contributed by atoms with Crippen LogP contribution in [-0.4, -0.2) is 18.4 Å². The topological polar surface area (TPSA) is 0 Å². The molecule has 0 aliphatic carbocycles. The van der Waals surface area contributed by atoms with E-state index >= 15 is 0 Å². The van der Waals surface area contributed by atoms with E-state index in [1.165, 1.54) is 13.3 Å². The molecule has 0 aliphatic rings. The molecule has 0 aromatic carbocycles. The number of allylic oxidation sites excluding steroid dienone is 1. The summed E-state index contributed by atoms with van der Waals surface area (Å²) >= 11 is -1.61. The maximum atomic E-state index is 2.56. The molecule has 0 radical (unpaired) electrons. The Morgan fingerprint density at radius 2 is 1.40 bits per heavy atom. The Bertz CT molecular complexity index is 93.0. The van der Waals surface area contributed by atoms with Crippen LogP contribution in [0.25, 0.3) is 0 Å². The van der Waals surface area contributed by atoms with Crippen LogP contribution in [0.3, 0.4) is 0 Å². The zero-order chi connectivity index (χ0) is 8.04. The van der Waals surface area contributed by atoms with Gasteiger partial charge in [-0.05, 0) is 0 Å². The van der Waals surface area contributed by atoms with Gasteiger partial charge in [0.2, 0.25) is 0 Å². The van der Waals surface area contributed by atoms with E-state index in [9.17, 15) is 0 Å². The van der Waals surface area contributed by atoms with Crippen LogP contribution in [0, 0.1) is 0 Å². The van der Waals surface area contributed by atoms with Gasteiger partial charge in [0.25, 0.3) is 0 Å². The molecular weight excluding hydrogens is 227 g/mol. The molecule has 0 rings (SSSR count). The molecule has 0 heterocycles. The van der Waals surface area contributed by atoms with Crippen molar-refractivity contribution in [3.63, 3.8) is 0 Å². The van der Waals surface area contributed by atoms with Crippen LogP contribution in [0.15, 0.2) is 10.2 Å². The number of rotatable bonds is 4. The summed E-state index contributed by atoms with van der Waals surface area (Å²) in [6.07, 6.45) is 2.27. The van der Waals surface area contributed by atoms with E-state index in [-0.39, 0.29) is 0 Å². The Morgan fingerprint density at radius 1 is 1.00 bits per heavy atom. The van der Waals surface area contributed by atoms with Gasteiger partial charge in [0.15, 0.2) is 0 Å². The van der Waals surface area contributed by atoms with Gasteiger partial charge >= 0.3 is 69.6 Å². The summed E-state index contributed by atoms with van der Waals surface area (Å²) in [5, 5.41) is 0. The van der Waals surface area contributed by atoms with E-state index in [4.69, 9.17) is 0 Å². The first kappa shape index (κ1) is 10.5. The van der Waals surface area contributed by atoms with Crippen molar-refractivity contribution in [3.8, 4) is 0 Å². The van der Waals surface area contributed by atoms with Crippen molar-refractivity contribution in [3.05, 3.63) is 10.2 Å². The second-order valence-corrected chi connectivity index (χ2v) is 17.7. The fraction of sp³-hybridized carbons (Fsp3) is 0.778. The molecule has 0 amide bonds. The van der Waals surface area contributed by atoms with Gasteiger partial charge in [-0.15, -0.1) is 0 Å². The first-order valence-corrected chi connectivity index (χ1v) is 12.1. The van der Waals surface area contributed by atoms with Crippen LogP contribution in [0.5, 0.6) is 0 Å². The van der Waals surface area contributed by atoms with E-state index in [1.807, 2.05) is 0 Å². The van der Waals surface area contributed by atoms with E-state index < -0.39 is 18.4 Å². The van der Waals surface area contributed by atoms with Crippen molar-refractivity contribution >= 4 is 18.4 Å². The quantitative estimate of drug-likeness (QED) is 0.665. The standard InChI is InChI=1S/C3H5.3C2H5.Sn/c1-3-2;3*1-2;/h1,3H,2H3;3*1H2,2H3;. The molecule has 0 aromatic heterocycles. The molecule has 60 valence electrons.